The van der Waals surface area contributed by atoms with Crippen LogP contribution in [-0.4, -0.2) is 102 Å². The van der Waals surface area contributed by atoms with E-state index in [0.717, 1.165) is 25.9 Å². The second-order valence-electron chi connectivity index (χ2n) is 8.29. The maximum atomic E-state index is 13.2. The van der Waals surface area contributed by atoms with E-state index < -0.39 is 6.04 Å². The highest BCUT2D eigenvalue weighted by atomic mass is 16.5. The number of likely N-dealkylation sites (tertiary alicyclic amines) is 2. The third kappa shape index (κ3) is 5.77. The second kappa shape index (κ2) is 11.0. The number of carbonyl (C=O) groups is 3. The molecule has 0 bridgehead atoms. The molecule has 2 atom stereocenters. The molecule has 164 valence electrons. The summed E-state index contributed by atoms with van der Waals surface area (Å²) in [5, 5.41) is 8.91. The monoisotopic (exact) mass is 409 g/mol. The van der Waals surface area contributed by atoms with Gasteiger partial charge in [0.1, 0.15) is 6.04 Å². The molecule has 2 unspecified atom stereocenters. The van der Waals surface area contributed by atoms with E-state index in [2.05, 4.69) is 4.90 Å². The standard InChI is InChI=1S/C21H35N3O5/c25-14-2-1-7-19(26)17-5-3-10-24(17)21(28)18-6-4-9-23(18)20(27)8-11-22-12-15-29-16-13-22/h17-18,25H,1-16H2. The van der Waals surface area contributed by atoms with Gasteiger partial charge in [-0.2, -0.15) is 0 Å². The first-order valence-corrected chi connectivity index (χ1v) is 11.2. The summed E-state index contributed by atoms with van der Waals surface area (Å²) in [6, 6.07) is -0.773. The van der Waals surface area contributed by atoms with Crippen molar-refractivity contribution in [2.75, 3.05) is 52.5 Å². The number of aliphatic hydroxyl groups excluding tert-OH is 1. The number of hydrogen-bond acceptors (Lipinski definition) is 6. The molecule has 0 saturated carbocycles. The number of unbranched alkanes of at least 4 members (excludes halogenated alkanes) is 1. The van der Waals surface area contributed by atoms with E-state index in [1.165, 1.54) is 0 Å². The number of aliphatic hydroxyl groups is 1. The van der Waals surface area contributed by atoms with Crippen molar-refractivity contribution in [1.82, 2.24) is 14.7 Å². The number of rotatable bonds is 9. The predicted molar refractivity (Wildman–Crippen MR) is 107 cm³/mol. The number of hydrogen-bond donors (Lipinski definition) is 1. The minimum atomic E-state index is -0.418. The smallest absolute Gasteiger partial charge is 0.245 e. The first kappa shape index (κ1) is 22.2. The molecular weight excluding hydrogens is 374 g/mol. The summed E-state index contributed by atoms with van der Waals surface area (Å²) in [6.07, 6.45) is 5.16. The van der Waals surface area contributed by atoms with Gasteiger partial charge in [0.15, 0.2) is 5.78 Å². The van der Waals surface area contributed by atoms with Crippen LogP contribution in [-0.2, 0) is 19.1 Å². The van der Waals surface area contributed by atoms with Crippen molar-refractivity contribution in [1.29, 1.82) is 0 Å². The van der Waals surface area contributed by atoms with Gasteiger partial charge >= 0.3 is 0 Å². The average Bonchev–Trinajstić information content (AvgIpc) is 3.42. The van der Waals surface area contributed by atoms with Gasteiger partial charge in [-0.15, -0.1) is 0 Å². The fourth-order valence-corrected chi connectivity index (χ4v) is 4.68. The van der Waals surface area contributed by atoms with Crippen LogP contribution < -0.4 is 0 Å². The number of ether oxygens (including phenoxy) is 1. The summed E-state index contributed by atoms with van der Waals surface area (Å²) in [5.41, 5.74) is 0. The number of Topliss-reactive ketones (excluding diaryl/α,β-unsaturated/α-hetero) is 1. The lowest BCUT2D eigenvalue weighted by Gasteiger charge is -2.32. The maximum absolute atomic E-state index is 13.2. The highest BCUT2D eigenvalue weighted by Gasteiger charge is 2.41. The van der Waals surface area contributed by atoms with Gasteiger partial charge < -0.3 is 19.6 Å². The van der Waals surface area contributed by atoms with E-state index >= 15 is 0 Å². The van der Waals surface area contributed by atoms with E-state index in [9.17, 15) is 14.4 Å². The maximum Gasteiger partial charge on any atom is 0.245 e. The molecule has 0 aromatic rings. The summed E-state index contributed by atoms with van der Waals surface area (Å²) in [7, 11) is 0. The molecule has 3 rings (SSSR count). The fourth-order valence-electron chi connectivity index (χ4n) is 4.68. The molecule has 3 saturated heterocycles. The molecular formula is C21H35N3O5. The molecule has 0 aromatic heterocycles. The van der Waals surface area contributed by atoms with Crippen LogP contribution in [0.1, 0.15) is 51.4 Å². The lowest BCUT2D eigenvalue weighted by Crippen LogP contribution is -2.51. The minimum absolute atomic E-state index is 0.0392. The number of carbonyl (C=O) groups excluding carboxylic acids is 3. The average molecular weight is 410 g/mol. The Hall–Kier alpha value is -1.51. The zero-order chi connectivity index (χ0) is 20.6. The summed E-state index contributed by atoms with van der Waals surface area (Å²) < 4.78 is 5.34. The quantitative estimate of drug-likeness (QED) is 0.555. The Bertz CT molecular complexity index is 579. The summed E-state index contributed by atoms with van der Waals surface area (Å²) in [6.45, 7) is 5.14. The molecule has 3 heterocycles. The van der Waals surface area contributed by atoms with Gasteiger partial charge in [0.2, 0.25) is 11.8 Å². The van der Waals surface area contributed by atoms with Crippen molar-refractivity contribution in [3.8, 4) is 0 Å². The molecule has 0 spiro atoms. The lowest BCUT2D eigenvalue weighted by atomic mass is 10.0. The van der Waals surface area contributed by atoms with E-state index in [4.69, 9.17) is 9.84 Å². The van der Waals surface area contributed by atoms with Crippen molar-refractivity contribution in [2.45, 2.75) is 63.5 Å². The van der Waals surface area contributed by atoms with Crippen LogP contribution in [0.5, 0.6) is 0 Å². The van der Waals surface area contributed by atoms with E-state index in [0.29, 0.717) is 71.4 Å². The van der Waals surface area contributed by atoms with Gasteiger partial charge in [0.25, 0.3) is 0 Å². The Morgan fingerprint density at radius 2 is 1.55 bits per heavy atom. The largest absolute Gasteiger partial charge is 0.396 e. The Balaban J connectivity index is 1.54. The van der Waals surface area contributed by atoms with E-state index in [1.54, 1.807) is 9.80 Å². The zero-order valence-electron chi connectivity index (χ0n) is 17.4. The molecule has 0 aromatic carbocycles. The first-order valence-electron chi connectivity index (χ1n) is 11.2. The first-order chi connectivity index (χ1) is 14.1. The Labute approximate surface area is 173 Å². The summed E-state index contributed by atoms with van der Waals surface area (Å²) in [5.74, 6) is 0.0742. The third-order valence-corrected chi connectivity index (χ3v) is 6.34. The highest BCUT2D eigenvalue weighted by molar-refractivity contribution is 5.93. The lowest BCUT2D eigenvalue weighted by molar-refractivity contribution is -0.146. The van der Waals surface area contributed by atoms with Gasteiger partial charge in [-0.1, -0.05) is 0 Å². The van der Waals surface area contributed by atoms with Gasteiger partial charge in [0.05, 0.1) is 19.3 Å². The van der Waals surface area contributed by atoms with Crippen molar-refractivity contribution in [3.63, 3.8) is 0 Å². The number of morpholine rings is 1. The Kier molecular flexibility index (Phi) is 8.44. The van der Waals surface area contributed by atoms with Crippen LogP contribution >= 0.6 is 0 Å². The fraction of sp³-hybridized carbons (Fsp3) is 0.857. The minimum Gasteiger partial charge on any atom is -0.396 e. The van der Waals surface area contributed by atoms with Gasteiger partial charge in [-0.3, -0.25) is 19.3 Å². The van der Waals surface area contributed by atoms with Crippen LogP contribution in [0.4, 0.5) is 0 Å². The third-order valence-electron chi connectivity index (χ3n) is 6.34. The Morgan fingerprint density at radius 1 is 0.862 bits per heavy atom. The van der Waals surface area contributed by atoms with Crippen molar-refractivity contribution < 1.29 is 24.2 Å². The topological polar surface area (TPSA) is 90.4 Å². The molecule has 29 heavy (non-hydrogen) atoms. The molecule has 0 aliphatic carbocycles. The molecule has 1 N–H and O–H groups in total. The van der Waals surface area contributed by atoms with Crippen LogP contribution in [0.3, 0.4) is 0 Å². The van der Waals surface area contributed by atoms with Gasteiger partial charge in [-0.05, 0) is 38.5 Å². The molecule has 8 heteroatoms. The predicted octanol–water partition coefficient (Wildman–Crippen LogP) is 0.422. The molecule has 8 nitrogen and oxygen atoms in total. The van der Waals surface area contributed by atoms with E-state index in [1.807, 2.05) is 0 Å². The van der Waals surface area contributed by atoms with Crippen LogP contribution in [0.2, 0.25) is 0 Å². The van der Waals surface area contributed by atoms with Crippen molar-refractivity contribution in [2.24, 2.45) is 0 Å². The van der Waals surface area contributed by atoms with Crippen LogP contribution in [0.25, 0.3) is 0 Å². The summed E-state index contributed by atoms with van der Waals surface area (Å²) >= 11 is 0. The highest BCUT2D eigenvalue weighted by Crippen LogP contribution is 2.26. The van der Waals surface area contributed by atoms with Crippen molar-refractivity contribution in [3.05, 3.63) is 0 Å². The number of ketones is 1. The van der Waals surface area contributed by atoms with Gasteiger partial charge in [-0.25, -0.2) is 0 Å². The van der Waals surface area contributed by atoms with Crippen molar-refractivity contribution >= 4 is 17.6 Å². The van der Waals surface area contributed by atoms with Gasteiger partial charge in [0, 0.05) is 52.2 Å². The van der Waals surface area contributed by atoms with Crippen LogP contribution in [0, 0.1) is 0 Å². The second-order valence-corrected chi connectivity index (χ2v) is 8.29. The molecule has 0 radical (unpaired) electrons. The SMILES string of the molecule is O=C(CCCCO)C1CCCN1C(=O)C1CCCN1C(=O)CCN1CCOCC1. The molecule has 3 aliphatic rings. The molecule has 2 amide bonds. The van der Waals surface area contributed by atoms with Crippen LogP contribution in [0.15, 0.2) is 0 Å². The number of nitrogens with zero attached hydrogens (tertiary/aromatic N) is 3. The normalized spacial score (nSPS) is 25.6. The Morgan fingerprint density at radius 3 is 2.28 bits per heavy atom. The molecule has 3 aliphatic heterocycles. The number of amides is 2. The molecule has 3 fully saturated rings. The summed E-state index contributed by atoms with van der Waals surface area (Å²) in [4.78, 5) is 44.3. The van der Waals surface area contributed by atoms with E-state index in [-0.39, 0.29) is 30.2 Å². The zero-order valence-corrected chi connectivity index (χ0v) is 17.4.